The summed E-state index contributed by atoms with van der Waals surface area (Å²) in [4.78, 5) is 22.4. The van der Waals surface area contributed by atoms with Crippen molar-refractivity contribution in [3.8, 4) is 17.0 Å². The van der Waals surface area contributed by atoms with Crippen molar-refractivity contribution in [3.05, 3.63) is 58.8 Å². The Bertz CT molecular complexity index is 1180. The van der Waals surface area contributed by atoms with Crippen molar-refractivity contribution in [2.75, 3.05) is 38.2 Å². The molecule has 2 aliphatic heterocycles. The van der Waals surface area contributed by atoms with Gasteiger partial charge in [0.1, 0.15) is 5.65 Å². The highest BCUT2D eigenvalue weighted by Gasteiger charge is 2.40. The average Bonchev–Trinajstić information content (AvgIpc) is 3.33. The minimum atomic E-state index is -0.479. The predicted octanol–water partition coefficient (Wildman–Crippen LogP) is 3.29. The number of anilines is 1. The van der Waals surface area contributed by atoms with E-state index in [9.17, 15) is 9.18 Å². The molecule has 1 aromatic carbocycles. The molecule has 0 amide bonds. The summed E-state index contributed by atoms with van der Waals surface area (Å²) >= 11 is 0. The molecular weight excluding hydrogens is 395 g/mol. The van der Waals surface area contributed by atoms with Gasteiger partial charge in [-0.3, -0.25) is 9.20 Å². The molecule has 0 saturated carbocycles. The summed E-state index contributed by atoms with van der Waals surface area (Å²) in [7, 11) is 1.42. The second kappa shape index (κ2) is 7.64. The summed E-state index contributed by atoms with van der Waals surface area (Å²) < 4.78 is 20.6. The molecule has 0 radical (unpaired) electrons. The van der Waals surface area contributed by atoms with Crippen LogP contribution in [0, 0.1) is 17.7 Å². The van der Waals surface area contributed by atoms with Crippen molar-refractivity contribution in [3.63, 3.8) is 0 Å². The van der Waals surface area contributed by atoms with Crippen LogP contribution < -0.4 is 15.2 Å². The molecule has 5 rings (SSSR count). The molecule has 0 bridgehead atoms. The Balaban J connectivity index is 1.42. The van der Waals surface area contributed by atoms with Crippen molar-refractivity contribution in [1.82, 2.24) is 14.3 Å². The Kier molecular flexibility index (Phi) is 4.93. The van der Waals surface area contributed by atoms with Gasteiger partial charge in [-0.2, -0.15) is 0 Å². The van der Waals surface area contributed by atoms with Crippen LogP contribution in [0.4, 0.5) is 10.1 Å². The Morgan fingerprint density at radius 3 is 2.45 bits per heavy atom. The number of pyridine rings is 1. The standard InChI is InChI=1S/C24H27FN4O2/c1-15(2)27-10-17-12-28(13-18(17)11-27)19-5-7-23-26-21(9-24(30)29(23)14-19)16-4-6-22(31-3)20(25)8-16/h4-9,14-15,17-18H,10-13H2,1-3H3. The van der Waals surface area contributed by atoms with E-state index in [1.807, 2.05) is 18.3 Å². The van der Waals surface area contributed by atoms with Gasteiger partial charge in [0.25, 0.3) is 5.56 Å². The fraction of sp³-hybridized carbons (Fsp3) is 0.417. The lowest BCUT2D eigenvalue weighted by Gasteiger charge is -2.25. The van der Waals surface area contributed by atoms with Gasteiger partial charge in [0.05, 0.1) is 18.5 Å². The fourth-order valence-corrected chi connectivity index (χ4v) is 4.91. The summed E-state index contributed by atoms with van der Waals surface area (Å²) in [5.74, 6) is 1.05. The minimum Gasteiger partial charge on any atom is -0.494 e. The summed E-state index contributed by atoms with van der Waals surface area (Å²) in [6.07, 6.45) is 1.88. The first-order chi connectivity index (χ1) is 14.9. The predicted molar refractivity (Wildman–Crippen MR) is 119 cm³/mol. The first-order valence-electron chi connectivity index (χ1n) is 10.8. The van der Waals surface area contributed by atoms with E-state index in [1.165, 1.54) is 19.2 Å². The van der Waals surface area contributed by atoms with Crippen molar-refractivity contribution >= 4 is 11.3 Å². The van der Waals surface area contributed by atoms with E-state index in [2.05, 4.69) is 28.6 Å². The lowest BCUT2D eigenvalue weighted by atomic mass is 10.0. The molecule has 2 saturated heterocycles. The van der Waals surface area contributed by atoms with Crippen LogP contribution in [0.25, 0.3) is 16.9 Å². The Labute approximate surface area is 180 Å². The molecule has 0 spiro atoms. The number of benzene rings is 1. The number of fused-ring (bicyclic) bond motifs is 2. The quantitative estimate of drug-likeness (QED) is 0.646. The highest BCUT2D eigenvalue weighted by molar-refractivity contribution is 5.63. The van der Waals surface area contributed by atoms with Gasteiger partial charge in [0.2, 0.25) is 0 Å². The lowest BCUT2D eigenvalue weighted by Crippen LogP contribution is -2.33. The number of ether oxygens (including phenoxy) is 1. The molecule has 2 atom stereocenters. The molecule has 7 heteroatoms. The smallest absolute Gasteiger partial charge is 0.258 e. The molecule has 2 aromatic heterocycles. The average molecular weight is 423 g/mol. The first-order valence-corrected chi connectivity index (χ1v) is 10.8. The Morgan fingerprint density at radius 2 is 1.81 bits per heavy atom. The van der Waals surface area contributed by atoms with E-state index in [1.54, 1.807) is 16.5 Å². The molecule has 2 fully saturated rings. The van der Waals surface area contributed by atoms with Crippen LogP contribution in [0.3, 0.4) is 0 Å². The third-order valence-corrected chi connectivity index (χ3v) is 6.70. The van der Waals surface area contributed by atoms with Crippen LogP contribution in [0.2, 0.25) is 0 Å². The maximum absolute atomic E-state index is 14.1. The number of nitrogens with zero attached hydrogens (tertiary/aromatic N) is 4. The number of rotatable bonds is 4. The first kappa shape index (κ1) is 20.0. The van der Waals surface area contributed by atoms with Crippen molar-refractivity contribution in [2.24, 2.45) is 11.8 Å². The summed E-state index contributed by atoms with van der Waals surface area (Å²) in [5, 5.41) is 0. The van der Waals surface area contributed by atoms with Crippen LogP contribution >= 0.6 is 0 Å². The summed E-state index contributed by atoms with van der Waals surface area (Å²) in [5.41, 5.74) is 2.41. The van der Waals surface area contributed by atoms with E-state index < -0.39 is 5.82 Å². The molecule has 4 heterocycles. The van der Waals surface area contributed by atoms with E-state index in [-0.39, 0.29) is 11.3 Å². The van der Waals surface area contributed by atoms with Crippen molar-refractivity contribution < 1.29 is 9.13 Å². The number of hydrogen-bond acceptors (Lipinski definition) is 5. The largest absolute Gasteiger partial charge is 0.494 e. The van der Waals surface area contributed by atoms with Crippen LogP contribution in [-0.4, -0.2) is 53.6 Å². The van der Waals surface area contributed by atoms with Crippen LogP contribution in [0.1, 0.15) is 13.8 Å². The Morgan fingerprint density at radius 1 is 1.06 bits per heavy atom. The highest BCUT2D eigenvalue weighted by atomic mass is 19.1. The summed E-state index contributed by atoms with van der Waals surface area (Å²) in [6, 6.07) is 10.5. The van der Waals surface area contributed by atoms with E-state index >= 15 is 0 Å². The molecular formula is C24H27FN4O2. The molecule has 3 aromatic rings. The van der Waals surface area contributed by atoms with Gasteiger partial charge in [-0.25, -0.2) is 9.37 Å². The Hall–Kier alpha value is -2.93. The van der Waals surface area contributed by atoms with Crippen LogP contribution in [0.15, 0.2) is 47.4 Å². The van der Waals surface area contributed by atoms with Gasteiger partial charge in [-0.1, -0.05) is 0 Å². The van der Waals surface area contributed by atoms with Gasteiger partial charge in [0.15, 0.2) is 11.6 Å². The summed E-state index contributed by atoms with van der Waals surface area (Å²) in [6.45, 7) is 8.85. The zero-order chi connectivity index (χ0) is 21.7. The van der Waals surface area contributed by atoms with Crippen LogP contribution in [-0.2, 0) is 0 Å². The van der Waals surface area contributed by atoms with Gasteiger partial charge in [0, 0.05) is 50.0 Å². The molecule has 2 unspecified atom stereocenters. The third kappa shape index (κ3) is 3.57. The normalized spacial score (nSPS) is 21.3. The van der Waals surface area contributed by atoms with Gasteiger partial charge in [-0.05, 0) is 56.0 Å². The van der Waals surface area contributed by atoms with Crippen LogP contribution in [0.5, 0.6) is 5.75 Å². The lowest BCUT2D eigenvalue weighted by molar-refractivity contribution is 0.258. The zero-order valence-corrected chi connectivity index (χ0v) is 18.1. The van der Waals surface area contributed by atoms with E-state index in [0.717, 1.165) is 31.9 Å². The molecule has 162 valence electrons. The number of likely N-dealkylation sites (tertiary alicyclic amines) is 1. The molecule has 0 aliphatic carbocycles. The van der Waals surface area contributed by atoms with Gasteiger partial charge in [-0.15, -0.1) is 0 Å². The monoisotopic (exact) mass is 422 g/mol. The highest BCUT2D eigenvalue weighted by Crippen LogP contribution is 2.34. The minimum absolute atomic E-state index is 0.165. The number of aromatic nitrogens is 2. The number of hydrogen-bond donors (Lipinski definition) is 0. The van der Waals surface area contributed by atoms with Crippen molar-refractivity contribution in [1.29, 1.82) is 0 Å². The SMILES string of the molecule is COc1ccc(-c2cc(=O)n3cc(N4CC5CN(C(C)C)CC5C4)ccc3n2)cc1F. The second-order valence-electron chi connectivity index (χ2n) is 8.92. The topological polar surface area (TPSA) is 50.1 Å². The molecule has 31 heavy (non-hydrogen) atoms. The third-order valence-electron chi connectivity index (χ3n) is 6.70. The van der Waals surface area contributed by atoms with Crippen molar-refractivity contribution in [2.45, 2.75) is 19.9 Å². The van der Waals surface area contributed by atoms with Gasteiger partial charge >= 0.3 is 0 Å². The molecule has 6 nitrogen and oxygen atoms in total. The fourth-order valence-electron chi connectivity index (χ4n) is 4.91. The van der Waals surface area contributed by atoms with Gasteiger partial charge < -0.3 is 14.5 Å². The molecule has 2 aliphatic rings. The maximum Gasteiger partial charge on any atom is 0.258 e. The van der Waals surface area contributed by atoms with E-state index in [4.69, 9.17) is 4.74 Å². The number of halogens is 1. The second-order valence-corrected chi connectivity index (χ2v) is 8.92. The maximum atomic E-state index is 14.1. The van der Waals surface area contributed by atoms with E-state index in [0.29, 0.717) is 34.8 Å². The number of methoxy groups -OCH3 is 1. The zero-order valence-electron chi connectivity index (χ0n) is 18.1. The molecule has 0 N–H and O–H groups in total.